The number of carboxylic acid groups (broad SMARTS) is 1. The van der Waals surface area contributed by atoms with Crippen molar-refractivity contribution >= 4 is 29.2 Å². The van der Waals surface area contributed by atoms with Crippen LogP contribution in [0.25, 0.3) is 0 Å². The summed E-state index contributed by atoms with van der Waals surface area (Å²) in [6.45, 7) is 2.95. The Morgan fingerprint density at radius 2 is 1.85 bits per heavy atom. The van der Waals surface area contributed by atoms with E-state index in [4.69, 9.17) is 9.84 Å². The van der Waals surface area contributed by atoms with Crippen LogP contribution in [-0.4, -0.2) is 64.3 Å². The van der Waals surface area contributed by atoms with E-state index < -0.39 is 5.97 Å². The number of carbonyl (C=O) groups excluding carboxylic acids is 1. The van der Waals surface area contributed by atoms with Crippen LogP contribution in [-0.2, 0) is 20.7 Å². The van der Waals surface area contributed by atoms with Crippen LogP contribution < -0.4 is 15.1 Å². The van der Waals surface area contributed by atoms with Gasteiger partial charge in [0.05, 0.1) is 25.4 Å². The Labute approximate surface area is 228 Å². The first kappa shape index (κ1) is 26.5. The maximum atomic E-state index is 13.0. The molecule has 3 heterocycles. The van der Waals surface area contributed by atoms with E-state index in [-0.39, 0.29) is 24.3 Å². The Morgan fingerprint density at radius 3 is 2.59 bits per heavy atom. The van der Waals surface area contributed by atoms with Crippen molar-refractivity contribution in [2.75, 3.05) is 41.3 Å². The third-order valence-corrected chi connectivity index (χ3v) is 7.49. The SMILES string of the molecule is O=C(O)Cc1ccc(N2CCC(C(=O)Nc3cncc(N4CCCC(OC5=C(O)CCC=C5)C4)n3)CC2)cc1. The van der Waals surface area contributed by atoms with E-state index in [9.17, 15) is 14.7 Å². The number of carbonyl (C=O) groups is 2. The van der Waals surface area contributed by atoms with Crippen LogP contribution in [0.5, 0.6) is 0 Å². The van der Waals surface area contributed by atoms with Crippen molar-refractivity contribution < 1.29 is 24.5 Å². The van der Waals surface area contributed by atoms with Gasteiger partial charge in [0.15, 0.2) is 11.6 Å². The van der Waals surface area contributed by atoms with Crippen LogP contribution in [0.4, 0.5) is 17.3 Å². The number of aliphatic carboxylic acids is 1. The van der Waals surface area contributed by atoms with Gasteiger partial charge in [-0.3, -0.25) is 14.6 Å². The minimum atomic E-state index is -0.842. The summed E-state index contributed by atoms with van der Waals surface area (Å²) in [5.41, 5.74) is 1.81. The van der Waals surface area contributed by atoms with E-state index >= 15 is 0 Å². The van der Waals surface area contributed by atoms with E-state index in [1.807, 2.05) is 36.4 Å². The predicted molar refractivity (Wildman–Crippen MR) is 148 cm³/mol. The fourth-order valence-corrected chi connectivity index (χ4v) is 5.35. The van der Waals surface area contributed by atoms with Gasteiger partial charge in [-0.2, -0.15) is 0 Å². The number of hydrogen-bond acceptors (Lipinski definition) is 8. The number of nitrogens with one attached hydrogen (secondary N) is 1. The second-order valence-electron chi connectivity index (χ2n) is 10.3. The lowest BCUT2D eigenvalue weighted by molar-refractivity contribution is -0.136. The number of allylic oxidation sites excluding steroid dienone is 3. The van der Waals surface area contributed by atoms with Gasteiger partial charge in [-0.15, -0.1) is 0 Å². The number of amides is 1. The lowest BCUT2D eigenvalue weighted by atomic mass is 9.95. The van der Waals surface area contributed by atoms with Crippen LogP contribution in [0.3, 0.4) is 0 Å². The molecule has 2 saturated heterocycles. The zero-order valence-electron chi connectivity index (χ0n) is 22.0. The van der Waals surface area contributed by atoms with Crippen LogP contribution in [0.2, 0.25) is 0 Å². The summed E-state index contributed by atoms with van der Waals surface area (Å²) in [6.07, 6.45) is 11.8. The molecule has 0 spiro atoms. The Hall–Kier alpha value is -4.08. The standard InChI is InChI=1S/C29H35N5O5/c35-24-5-1-2-6-25(24)39-23-4-3-13-34(19-23)27-18-30-17-26(31-27)32-29(38)21-11-14-33(15-12-21)22-9-7-20(8-10-22)16-28(36)37/h2,6-10,17-18,21,23,35H,1,3-5,11-16,19H2,(H,36,37)(H,31,32,38). The smallest absolute Gasteiger partial charge is 0.307 e. The quantitative estimate of drug-likeness (QED) is 0.460. The van der Waals surface area contributed by atoms with Gasteiger partial charge in [-0.1, -0.05) is 18.2 Å². The van der Waals surface area contributed by atoms with Gasteiger partial charge >= 0.3 is 5.97 Å². The van der Waals surface area contributed by atoms with E-state index in [1.54, 1.807) is 12.4 Å². The molecule has 1 aliphatic carbocycles. The Balaban J connectivity index is 1.13. The third kappa shape index (κ3) is 6.87. The lowest BCUT2D eigenvalue weighted by Gasteiger charge is -2.34. The average Bonchev–Trinajstić information content (AvgIpc) is 2.95. The first-order chi connectivity index (χ1) is 18.9. The number of anilines is 3. The molecule has 1 unspecified atom stereocenters. The molecule has 3 N–H and O–H groups in total. The maximum absolute atomic E-state index is 13.0. The molecule has 1 atom stereocenters. The van der Waals surface area contributed by atoms with Crippen LogP contribution in [0.1, 0.15) is 44.1 Å². The molecular formula is C29H35N5O5. The molecule has 2 aliphatic heterocycles. The zero-order valence-corrected chi connectivity index (χ0v) is 22.0. The van der Waals surface area contributed by atoms with Crippen LogP contribution in [0.15, 0.2) is 60.3 Å². The van der Waals surface area contributed by atoms with Crippen molar-refractivity contribution in [3.8, 4) is 0 Å². The Morgan fingerprint density at radius 1 is 1.05 bits per heavy atom. The number of rotatable bonds is 8. The molecule has 0 saturated carbocycles. The Bertz CT molecular complexity index is 1240. The molecule has 39 heavy (non-hydrogen) atoms. The van der Waals surface area contributed by atoms with Gasteiger partial charge in [-0.25, -0.2) is 4.98 Å². The number of piperidine rings is 2. The normalized spacial score (nSPS) is 20.2. The molecule has 5 rings (SSSR count). The third-order valence-electron chi connectivity index (χ3n) is 7.49. The highest BCUT2D eigenvalue weighted by Gasteiger charge is 2.27. The van der Waals surface area contributed by atoms with Gasteiger partial charge in [0.25, 0.3) is 0 Å². The number of benzene rings is 1. The van der Waals surface area contributed by atoms with Gasteiger partial charge in [0.2, 0.25) is 5.91 Å². The molecule has 10 heteroatoms. The summed E-state index contributed by atoms with van der Waals surface area (Å²) in [5, 5.41) is 22.0. The van der Waals surface area contributed by atoms with Gasteiger partial charge < -0.3 is 30.1 Å². The van der Waals surface area contributed by atoms with Gasteiger partial charge in [0, 0.05) is 37.7 Å². The molecule has 3 aliphatic rings. The predicted octanol–water partition coefficient (Wildman–Crippen LogP) is 4.06. The maximum Gasteiger partial charge on any atom is 0.307 e. The molecule has 10 nitrogen and oxygen atoms in total. The summed E-state index contributed by atoms with van der Waals surface area (Å²) < 4.78 is 6.09. The second kappa shape index (κ2) is 12.2. The number of hydrogen-bond donors (Lipinski definition) is 3. The first-order valence-electron chi connectivity index (χ1n) is 13.6. The molecule has 1 amide bonds. The average molecular weight is 534 g/mol. The van der Waals surface area contributed by atoms with Crippen molar-refractivity contribution in [2.45, 2.75) is 51.0 Å². The summed E-state index contributed by atoms with van der Waals surface area (Å²) in [5.74, 6) is 0.983. The molecule has 2 fully saturated rings. The minimum Gasteiger partial charge on any atom is -0.508 e. The highest BCUT2D eigenvalue weighted by Crippen LogP contribution is 2.27. The number of carboxylic acids is 1. The van der Waals surface area contributed by atoms with Crippen LogP contribution >= 0.6 is 0 Å². The molecule has 1 aromatic heterocycles. The molecule has 0 radical (unpaired) electrons. The fraction of sp³-hybridized carbons (Fsp3) is 0.448. The highest BCUT2D eigenvalue weighted by molar-refractivity contribution is 5.91. The van der Waals surface area contributed by atoms with E-state index in [0.717, 1.165) is 63.0 Å². The summed E-state index contributed by atoms with van der Waals surface area (Å²) in [7, 11) is 0. The number of aliphatic hydroxyl groups is 1. The van der Waals surface area contributed by atoms with Gasteiger partial charge in [0.1, 0.15) is 17.7 Å². The van der Waals surface area contributed by atoms with E-state index in [0.29, 0.717) is 36.1 Å². The number of aromatic nitrogens is 2. The Kier molecular flexibility index (Phi) is 8.29. The molecule has 0 bridgehead atoms. The largest absolute Gasteiger partial charge is 0.508 e. The van der Waals surface area contributed by atoms with Crippen molar-refractivity contribution in [3.05, 3.63) is 65.9 Å². The van der Waals surface area contributed by atoms with Crippen LogP contribution in [0, 0.1) is 5.92 Å². The minimum absolute atomic E-state index is 0.0131. The van der Waals surface area contributed by atoms with Crippen molar-refractivity contribution in [2.24, 2.45) is 5.92 Å². The van der Waals surface area contributed by atoms with Crippen molar-refractivity contribution in [1.29, 1.82) is 0 Å². The summed E-state index contributed by atoms with van der Waals surface area (Å²) >= 11 is 0. The molecule has 2 aromatic rings. The number of nitrogens with zero attached hydrogens (tertiary/aromatic N) is 4. The summed E-state index contributed by atoms with van der Waals surface area (Å²) in [4.78, 5) is 37.3. The highest BCUT2D eigenvalue weighted by atomic mass is 16.5. The fourth-order valence-electron chi connectivity index (χ4n) is 5.35. The molecule has 206 valence electrons. The van der Waals surface area contributed by atoms with E-state index in [1.165, 1.54) is 0 Å². The zero-order chi connectivity index (χ0) is 27.2. The van der Waals surface area contributed by atoms with Crippen molar-refractivity contribution in [1.82, 2.24) is 9.97 Å². The van der Waals surface area contributed by atoms with E-state index in [2.05, 4.69) is 25.1 Å². The second-order valence-corrected chi connectivity index (χ2v) is 10.3. The molecular weight excluding hydrogens is 498 g/mol. The topological polar surface area (TPSA) is 128 Å². The monoisotopic (exact) mass is 533 g/mol. The summed E-state index contributed by atoms with van der Waals surface area (Å²) in [6, 6.07) is 7.58. The lowest BCUT2D eigenvalue weighted by Crippen LogP contribution is -2.40. The van der Waals surface area contributed by atoms with Crippen molar-refractivity contribution in [3.63, 3.8) is 0 Å². The first-order valence-corrected chi connectivity index (χ1v) is 13.6. The number of aliphatic hydroxyl groups excluding tert-OH is 1. The molecule has 1 aromatic carbocycles. The van der Waals surface area contributed by atoms with Gasteiger partial charge in [-0.05, 0) is 55.9 Å². The number of ether oxygens (including phenoxy) is 1.